The van der Waals surface area contributed by atoms with Crippen LogP contribution in [0.1, 0.15) is 25.3 Å². The molecule has 1 aromatic rings. The molecule has 0 saturated carbocycles. The highest BCUT2D eigenvalue weighted by atomic mass is 35.5. The Bertz CT molecular complexity index is 543. The van der Waals surface area contributed by atoms with E-state index in [2.05, 4.69) is 17.1 Å². The average molecular weight is 340 g/mol. The van der Waals surface area contributed by atoms with E-state index in [0.29, 0.717) is 23.9 Å². The normalized spacial score (nSPS) is 16.3. The van der Waals surface area contributed by atoms with Crippen molar-refractivity contribution < 1.29 is 9.53 Å². The van der Waals surface area contributed by atoms with Crippen molar-refractivity contribution in [2.24, 2.45) is 5.92 Å². The standard InChI is InChI=1S/C17H26ClN3O2/c1-3-21-7-4-13(5-8-21)17(22)23-9-6-20-16-11-14(18)12(2)10-15(16)19/h10-11,13,20H,3-9,19H2,1-2H3. The molecule has 3 N–H and O–H groups in total. The molecule has 0 aromatic heterocycles. The number of piperidine rings is 1. The van der Waals surface area contributed by atoms with Gasteiger partial charge in [-0.05, 0) is 57.1 Å². The molecule has 2 rings (SSSR count). The van der Waals surface area contributed by atoms with Crippen molar-refractivity contribution in [2.45, 2.75) is 26.7 Å². The van der Waals surface area contributed by atoms with Gasteiger partial charge in [-0.25, -0.2) is 0 Å². The van der Waals surface area contributed by atoms with Gasteiger partial charge in [0.05, 0.1) is 17.3 Å². The number of nitrogens with zero attached hydrogens (tertiary/aromatic N) is 1. The van der Waals surface area contributed by atoms with Crippen molar-refractivity contribution in [3.05, 3.63) is 22.7 Å². The molecule has 5 nitrogen and oxygen atoms in total. The van der Waals surface area contributed by atoms with Crippen molar-refractivity contribution in [1.29, 1.82) is 0 Å². The van der Waals surface area contributed by atoms with Gasteiger partial charge in [0.1, 0.15) is 6.61 Å². The molecule has 1 fully saturated rings. The molecule has 0 amide bonds. The van der Waals surface area contributed by atoms with Crippen LogP contribution in [0.15, 0.2) is 12.1 Å². The fourth-order valence-electron chi connectivity index (χ4n) is 2.80. The highest BCUT2D eigenvalue weighted by Gasteiger charge is 2.25. The Hall–Kier alpha value is -1.46. The van der Waals surface area contributed by atoms with Crippen LogP contribution in [0.3, 0.4) is 0 Å². The van der Waals surface area contributed by atoms with Crippen molar-refractivity contribution in [1.82, 2.24) is 4.90 Å². The topological polar surface area (TPSA) is 67.6 Å². The van der Waals surface area contributed by atoms with E-state index in [4.69, 9.17) is 22.1 Å². The molecule has 0 bridgehead atoms. The number of ether oxygens (including phenoxy) is 1. The third-order valence-electron chi connectivity index (χ3n) is 4.36. The van der Waals surface area contributed by atoms with Crippen LogP contribution in [0, 0.1) is 12.8 Å². The number of carbonyl (C=O) groups excluding carboxylic acids is 1. The fraction of sp³-hybridized carbons (Fsp3) is 0.588. The van der Waals surface area contributed by atoms with Crippen LogP contribution < -0.4 is 11.1 Å². The van der Waals surface area contributed by atoms with Gasteiger partial charge in [-0.2, -0.15) is 0 Å². The van der Waals surface area contributed by atoms with E-state index < -0.39 is 0 Å². The van der Waals surface area contributed by atoms with E-state index in [-0.39, 0.29) is 11.9 Å². The highest BCUT2D eigenvalue weighted by Crippen LogP contribution is 2.26. The van der Waals surface area contributed by atoms with Gasteiger partial charge in [-0.15, -0.1) is 0 Å². The van der Waals surface area contributed by atoms with Gasteiger partial charge in [0.25, 0.3) is 0 Å². The Morgan fingerprint density at radius 3 is 2.78 bits per heavy atom. The molecule has 1 heterocycles. The summed E-state index contributed by atoms with van der Waals surface area (Å²) in [5.41, 5.74) is 8.30. The first-order chi connectivity index (χ1) is 11.0. The summed E-state index contributed by atoms with van der Waals surface area (Å²) in [6.45, 7) is 7.91. The van der Waals surface area contributed by atoms with Gasteiger partial charge in [0, 0.05) is 11.6 Å². The molecule has 1 aliphatic rings. The fourth-order valence-corrected chi connectivity index (χ4v) is 2.96. The van der Waals surface area contributed by atoms with Crippen molar-refractivity contribution in [3.63, 3.8) is 0 Å². The molecule has 1 saturated heterocycles. The Balaban J connectivity index is 1.71. The molecule has 0 radical (unpaired) electrons. The quantitative estimate of drug-likeness (QED) is 0.474. The van der Waals surface area contributed by atoms with E-state index >= 15 is 0 Å². The number of halogens is 1. The molecule has 0 atom stereocenters. The number of nitrogen functional groups attached to an aromatic ring is 1. The third-order valence-corrected chi connectivity index (χ3v) is 4.77. The van der Waals surface area contributed by atoms with E-state index in [1.54, 1.807) is 6.07 Å². The van der Waals surface area contributed by atoms with Crippen LogP contribution >= 0.6 is 11.6 Å². The Morgan fingerprint density at radius 2 is 2.13 bits per heavy atom. The summed E-state index contributed by atoms with van der Waals surface area (Å²) in [6, 6.07) is 3.63. The maximum absolute atomic E-state index is 12.1. The first-order valence-corrected chi connectivity index (χ1v) is 8.57. The van der Waals surface area contributed by atoms with E-state index in [0.717, 1.165) is 43.7 Å². The molecule has 0 spiro atoms. The van der Waals surface area contributed by atoms with Crippen LogP contribution in [0.5, 0.6) is 0 Å². The summed E-state index contributed by atoms with van der Waals surface area (Å²) in [6.07, 6.45) is 1.78. The molecule has 6 heteroatoms. The number of benzene rings is 1. The monoisotopic (exact) mass is 339 g/mol. The molecule has 0 aliphatic carbocycles. The molecule has 1 aromatic carbocycles. The minimum absolute atomic E-state index is 0.0386. The predicted molar refractivity (Wildman–Crippen MR) is 94.9 cm³/mol. The Morgan fingerprint density at radius 1 is 1.43 bits per heavy atom. The first-order valence-electron chi connectivity index (χ1n) is 8.19. The second kappa shape index (κ2) is 8.41. The summed E-state index contributed by atoms with van der Waals surface area (Å²) in [7, 11) is 0. The maximum atomic E-state index is 12.1. The summed E-state index contributed by atoms with van der Waals surface area (Å²) >= 11 is 6.09. The van der Waals surface area contributed by atoms with Gasteiger partial charge in [0.15, 0.2) is 0 Å². The van der Waals surface area contributed by atoms with Crippen LogP contribution in [0.25, 0.3) is 0 Å². The SMILES string of the molecule is CCN1CCC(C(=O)OCCNc2cc(Cl)c(C)cc2N)CC1. The lowest BCUT2D eigenvalue weighted by atomic mass is 9.97. The van der Waals surface area contributed by atoms with E-state index in [9.17, 15) is 4.79 Å². The lowest BCUT2D eigenvalue weighted by molar-refractivity contribution is -0.149. The number of anilines is 2. The number of hydrogen-bond acceptors (Lipinski definition) is 5. The number of nitrogens with two attached hydrogens (primary N) is 1. The summed E-state index contributed by atoms with van der Waals surface area (Å²) in [5, 5.41) is 3.83. The average Bonchev–Trinajstić information content (AvgIpc) is 2.55. The van der Waals surface area contributed by atoms with Gasteiger partial charge in [0.2, 0.25) is 0 Å². The van der Waals surface area contributed by atoms with Crippen LogP contribution in [0.2, 0.25) is 5.02 Å². The van der Waals surface area contributed by atoms with Gasteiger partial charge in [-0.1, -0.05) is 18.5 Å². The number of rotatable bonds is 6. The highest BCUT2D eigenvalue weighted by molar-refractivity contribution is 6.31. The van der Waals surface area contributed by atoms with Gasteiger partial charge < -0.3 is 20.7 Å². The Kier molecular flexibility index (Phi) is 6.54. The minimum Gasteiger partial charge on any atom is -0.464 e. The molecule has 23 heavy (non-hydrogen) atoms. The van der Waals surface area contributed by atoms with Crippen LogP contribution in [-0.4, -0.2) is 43.7 Å². The van der Waals surface area contributed by atoms with Crippen molar-refractivity contribution in [3.8, 4) is 0 Å². The molecule has 128 valence electrons. The second-order valence-corrected chi connectivity index (χ2v) is 6.40. The first kappa shape index (κ1) is 17.9. The zero-order chi connectivity index (χ0) is 16.8. The number of nitrogens with one attached hydrogen (secondary N) is 1. The van der Waals surface area contributed by atoms with Gasteiger partial charge in [-0.3, -0.25) is 4.79 Å². The van der Waals surface area contributed by atoms with E-state index in [1.807, 2.05) is 13.0 Å². The van der Waals surface area contributed by atoms with Crippen LogP contribution in [-0.2, 0) is 9.53 Å². The second-order valence-electron chi connectivity index (χ2n) is 5.99. The number of carbonyl (C=O) groups is 1. The zero-order valence-corrected chi connectivity index (χ0v) is 14.7. The number of likely N-dealkylation sites (tertiary alicyclic amines) is 1. The van der Waals surface area contributed by atoms with Gasteiger partial charge >= 0.3 is 5.97 Å². The molecular formula is C17H26ClN3O2. The maximum Gasteiger partial charge on any atom is 0.309 e. The summed E-state index contributed by atoms with van der Waals surface area (Å²) < 4.78 is 5.37. The van der Waals surface area contributed by atoms with Crippen molar-refractivity contribution in [2.75, 3.05) is 43.8 Å². The smallest absolute Gasteiger partial charge is 0.309 e. The van der Waals surface area contributed by atoms with E-state index in [1.165, 1.54) is 0 Å². The molecular weight excluding hydrogens is 314 g/mol. The van der Waals surface area contributed by atoms with Crippen molar-refractivity contribution >= 4 is 28.9 Å². The molecule has 0 unspecified atom stereocenters. The lowest BCUT2D eigenvalue weighted by Gasteiger charge is -2.29. The summed E-state index contributed by atoms with van der Waals surface area (Å²) in [5.74, 6) is -0.0471. The number of aryl methyl sites for hydroxylation is 1. The molecule has 1 aliphatic heterocycles. The zero-order valence-electron chi connectivity index (χ0n) is 13.9. The lowest BCUT2D eigenvalue weighted by Crippen LogP contribution is -2.37. The van der Waals surface area contributed by atoms with Crippen LogP contribution in [0.4, 0.5) is 11.4 Å². The number of esters is 1. The third kappa shape index (κ3) is 5.01. The predicted octanol–water partition coefficient (Wildman–Crippen LogP) is 2.92. The largest absolute Gasteiger partial charge is 0.464 e. The minimum atomic E-state index is -0.0857. The number of hydrogen-bond donors (Lipinski definition) is 2. The Labute approximate surface area is 143 Å². The summed E-state index contributed by atoms with van der Waals surface area (Å²) in [4.78, 5) is 14.4.